The van der Waals surface area contributed by atoms with Gasteiger partial charge in [0.05, 0.1) is 11.7 Å². The maximum atomic E-state index is 12.5. The Morgan fingerprint density at radius 3 is 1.62 bits per heavy atom. The van der Waals surface area contributed by atoms with Gasteiger partial charge >= 0.3 is 6.18 Å². The van der Waals surface area contributed by atoms with Gasteiger partial charge in [0, 0.05) is 0 Å². The van der Waals surface area contributed by atoms with E-state index in [0.29, 0.717) is 5.56 Å². The van der Waals surface area contributed by atoms with E-state index in [1.54, 1.807) is 12.1 Å². The molecule has 112 valence electrons. The molecule has 0 aliphatic rings. The predicted octanol–water partition coefficient (Wildman–Crippen LogP) is 5.06. The van der Waals surface area contributed by atoms with Crippen LogP contribution in [0.3, 0.4) is 0 Å². The van der Waals surface area contributed by atoms with Crippen molar-refractivity contribution in [2.45, 2.75) is 26.1 Å². The molecule has 0 saturated carbocycles. The van der Waals surface area contributed by atoms with Crippen molar-refractivity contribution in [3.05, 3.63) is 59.7 Å². The van der Waals surface area contributed by atoms with Crippen molar-refractivity contribution in [1.29, 1.82) is 0 Å². The lowest BCUT2D eigenvalue weighted by Gasteiger charge is -2.15. The van der Waals surface area contributed by atoms with Crippen LogP contribution in [-0.2, 0) is 6.18 Å². The monoisotopic (exact) mass is 294 g/mol. The predicted molar refractivity (Wildman–Crippen MR) is 76.7 cm³/mol. The Morgan fingerprint density at radius 2 is 1.24 bits per heavy atom. The van der Waals surface area contributed by atoms with Gasteiger partial charge in [-0.1, -0.05) is 50.2 Å². The summed E-state index contributed by atoms with van der Waals surface area (Å²) in [5, 5.41) is 9.96. The average molecular weight is 294 g/mol. The number of benzene rings is 2. The molecule has 0 amide bonds. The number of halogens is 3. The smallest absolute Gasteiger partial charge is 0.388 e. The van der Waals surface area contributed by atoms with Crippen LogP contribution in [0.25, 0.3) is 11.1 Å². The third-order valence-electron chi connectivity index (χ3n) is 3.43. The minimum Gasteiger partial charge on any atom is -0.388 e. The number of alkyl halides is 3. The topological polar surface area (TPSA) is 20.2 Å². The molecule has 0 spiro atoms. The zero-order valence-electron chi connectivity index (χ0n) is 11.9. The Bertz CT molecular complexity index is 583. The molecule has 21 heavy (non-hydrogen) atoms. The van der Waals surface area contributed by atoms with E-state index in [9.17, 15) is 18.3 Å². The van der Waals surface area contributed by atoms with E-state index in [1.807, 2.05) is 26.0 Å². The van der Waals surface area contributed by atoms with Gasteiger partial charge < -0.3 is 5.11 Å². The second-order valence-electron chi connectivity index (χ2n) is 5.39. The van der Waals surface area contributed by atoms with Crippen LogP contribution in [0.1, 0.15) is 31.1 Å². The largest absolute Gasteiger partial charge is 0.416 e. The lowest BCUT2D eigenvalue weighted by molar-refractivity contribution is -0.137. The molecular weight excluding hydrogens is 277 g/mol. The molecule has 0 fully saturated rings. The van der Waals surface area contributed by atoms with Crippen LogP contribution in [-0.4, -0.2) is 5.11 Å². The van der Waals surface area contributed by atoms with Gasteiger partial charge in [0.1, 0.15) is 0 Å². The minimum atomic E-state index is -4.32. The van der Waals surface area contributed by atoms with Crippen molar-refractivity contribution in [2.75, 3.05) is 0 Å². The van der Waals surface area contributed by atoms with Gasteiger partial charge in [0.2, 0.25) is 0 Å². The first-order valence-corrected chi connectivity index (χ1v) is 6.74. The first-order chi connectivity index (χ1) is 9.79. The Balaban J connectivity index is 2.23. The summed E-state index contributed by atoms with van der Waals surface area (Å²) in [6.45, 7) is 3.85. The highest BCUT2D eigenvalue weighted by Crippen LogP contribution is 2.31. The van der Waals surface area contributed by atoms with Gasteiger partial charge in [-0.2, -0.15) is 13.2 Å². The fraction of sp³-hybridized carbons (Fsp3) is 0.294. The molecule has 4 heteroatoms. The quantitative estimate of drug-likeness (QED) is 0.838. The highest BCUT2D eigenvalue weighted by atomic mass is 19.4. The molecule has 0 unspecified atom stereocenters. The first-order valence-electron chi connectivity index (χ1n) is 6.74. The SMILES string of the molecule is CC(C)[C@H](O)c1ccc(-c2ccc(C(F)(F)F)cc2)cc1. The molecule has 0 saturated heterocycles. The van der Waals surface area contributed by atoms with Crippen molar-refractivity contribution < 1.29 is 18.3 Å². The maximum Gasteiger partial charge on any atom is 0.416 e. The third-order valence-corrected chi connectivity index (χ3v) is 3.43. The molecular formula is C17H17F3O. The molecule has 0 bridgehead atoms. The fourth-order valence-electron chi connectivity index (χ4n) is 2.11. The van der Waals surface area contributed by atoms with Crippen LogP contribution < -0.4 is 0 Å². The van der Waals surface area contributed by atoms with Crippen molar-refractivity contribution in [3.8, 4) is 11.1 Å². The number of aliphatic hydroxyl groups is 1. The second-order valence-corrected chi connectivity index (χ2v) is 5.39. The van der Waals surface area contributed by atoms with Gasteiger partial charge in [-0.25, -0.2) is 0 Å². The van der Waals surface area contributed by atoms with Crippen molar-refractivity contribution in [3.63, 3.8) is 0 Å². The van der Waals surface area contributed by atoms with Crippen LogP contribution in [0.2, 0.25) is 0 Å². The Labute approximate surface area is 122 Å². The van der Waals surface area contributed by atoms with Gasteiger partial charge in [-0.3, -0.25) is 0 Å². The zero-order chi connectivity index (χ0) is 15.6. The molecule has 0 aliphatic carbocycles. The van der Waals surface area contributed by atoms with Gasteiger partial charge in [-0.15, -0.1) is 0 Å². The van der Waals surface area contributed by atoms with Crippen molar-refractivity contribution >= 4 is 0 Å². The van der Waals surface area contributed by atoms with E-state index in [-0.39, 0.29) is 5.92 Å². The minimum absolute atomic E-state index is 0.113. The van der Waals surface area contributed by atoms with Crippen molar-refractivity contribution in [1.82, 2.24) is 0 Å². The fourth-order valence-corrected chi connectivity index (χ4v) is 2.11. The lowest BCUT2D eigenvalue weighted by Crippen LogP contribution is -2.05. The molecule has 0 heterocycles. The van der Waals surface area contributed by atoms with Crippen molar-refractivity contribution in [2.24, 2.45) is 5.92 Å². The number of rotatable bonds is 3. The van der Waals surface area contributed by atoms with E-state index in [1.165, 1.54) is 12.1 Å². The normalized spacial score (nSPS) is 13.5. The van der Waals surface area contributed by atoms with E-state index in [4.69, 9.17) is 0 Å². The lowest BCUT2D eigenvalue weighted by atomic mass is 9.96. The number of aliphatic hydroxyl groups excluding tert-OH is 1. The highest BCUT2D eigenvalue weighted by molar-refractivity contribution is 5.64. The summed E-state index contributed by atoms with van der Waals surface area (Å²) in [5.41, 5.74) is 1.69. The Kier molecular flexibility index (Phi) is 4.37. The molecule has 1 N–H and O–H groups in total. The van der Waals surface area contributed by atoms with E-state index < -0.39 is 17.8 Å². The first kappa shape index (κ1) is 15.6. The molecule has 2 rings (SSSR count). The van der Waals surface area contributed by atoms with Crippen LogP contribution in [0.5, 0.6) is 0 Å². The summed E-state index contributed by atoms with van der Waals surface area (Å²) in [6, 6.07) is 12.3. The summed E-state index contributed by atoms with van der Waals surface area (Å²) in [6.07, 6.45) is -4.85. The summed E-state index contributed by atoms with van der Waals surface area (Å²) >= 11 is 0. The van der Waals surface area contributed by atoms with Crippen LogP contribution in [0, 0.1) is 5.92 Å². The third kappa shape index (κ3) is 3.64. The molecule has 2 aromatic rings. The van der Waals surface area contributed by atoms with Gasteiger partial charge in [-0.05, 0) is 34.7 Å². The van der Waals surface area contributed by atoms with E-state index in [0.717, 1.165) is 23.3 Å². The molecule has 1 atom stereocenters. The molecule has 0 aromatic heterocycles. The Morgan fingerprint density at radius 1 is 0.810 bits per heavy atom. The van der Waals surface area contributed by atoms with E-state index in [2.05, 4.69) is 0 Å². The van der Waals surface area contributed by atoms with Gasteiger partial charge in [0.15, 0.2) is 0 Å². The second kappa shape index (κ2) is 5.90. The maximum absolute atomic E-state index is 12.5. The number of hydrogen-bond donors (Lipinski definition) is 1. The summed E-state index contributed by atoms with van der Waals surface area (Å²) in [5.74, 6) is 0.113. The summed E-state index contributed by atoms with van der Waals surface area (Å²) in [4.78, 5) is 0. The average Bonchev–Trinajstić information content (AvgIpc) is 2.46. The van der Waals surface area contributed by atoms with Crippen LogP contribution in [0.4, 0.5) is 13.2 Å². The summed E-state index contributed by atoms with van der Waals surface area (Å²) < 4.78 is 37.5. The van der Waals surface area contributed by atoms with Crippen LogP contribution in [0.15, 0.2) is 48.5 Å². The zero-order valence-corrected chi connectivity index (χ0v) is 11.9. The van der Waals surface area contributed by atoms with Crippen LogP contribution >= 0.6 is 0 Å². The standard InChI is InChI=1S/C17H17F3O/c1-11(2)16(21)14-5-3-12(4-6-14)13-7-9-15(10-8-13)17(18,19)20/h3-11,16,21H,1-2H3/t16-/m0/s1. The molecule has 2 aromatic carbocycles. The summed E-state index contributed by atoms with van der Waals surface area (Å²) in [7, 11) is 0. The molecule has 1 nitrogen and oxygen atoms in total. The Hall–Kier alpha value is -1.81. The number of hydrogen-bond acceptors (Lipinski definition) is 1. The molecule has 0 aliphatic heterocycles. The molecule has 0 radical (unpaired) electrons. The van der Waals surface area contributed by atoms with Gasteiger partial charge in [0.25, 0.3) is 0 Å². The highest BCUT2D eigenvalue weighted by Gasteiger charge is 2.29. The van der Waals surface area contributed by atoms with E-state index >= 15 is 0 Å².